The largest absolute Gasteiger partial charge is 0.497 e. The van der Waals surface area contributed by atoms with Crippen LogP contribution in [0, 0.1) is 6.92 Å². The summed E-state index contributed by atoms with van der Waals surface area (Å²) in [6.45, 7) is 2.91. The van der Waals surface area contributed by atoms with Crippen molar-refractivity contribution in [3.8, 4) is 5.75 Å². The molecule has 0 heterocycles. The van der Waals surface area contributed by atoms with E-state index in [1.807, 2.05) is 11.8 Å². The van der Waals surface area contributed by atoms with Gasteiger partial charge in [-0.3, -0.25) is 0 Å². The average Bonchev–Trinajstić information content (AvgIpc) is 2.78. The van der Waals surface area contributed by atoms with E-state index in [0.29, 0.717) is 0 Å². The van der Waals surface area contributed by atoms with E-state index in [-0.39, 0.29) is 4.75 Å². The fourth-order valence-corrected chi connectivity index (χ4v) is 5.25. The van der Waals surface area contributed by atoms with Crippen molar-refractivity contribution in [2.24, 2.45) is 5.73 Å². The van der Waals surface area contributed by atoms with Crippen LogP contribution in [0.2, 0.25) is 0 Å². The van der Waals surface area contributed by atoms with Crippen LogP contribution in [0.1, 0.15) is 41.5 Å². The fraction of sp³-hybridized carbons (Fsp3) is 0.308. The second-order valence-electron chi connectivity index (χ2n) is 7.34. The minimum absolute atomic E-state index is 0.260. The van der Waals surface area contributed by atoms with Crippen LogP contribution in [0.15, 0.2) is 78.9 Å². The number of unbranched alkanes of at least 4 members (excludes halogenated alkanes) is 2. The van der Waals surface area contributed by atoms with Gasteiger partial charge in [0.2, 0.25) is 0 Å². The highest BCUT2D eigenvalue weighted by Crippen LogP contribution is 2.49. The van der Waals surface area contributed by atoms with Gasteiger partial charge in [0, 0.05) is 0 Å². The zero-order valence-electron chi connectivity index (χ0n) is 17.4. The maximum Gasteiger partial charge on any atom is 0.118 e. The molecule has 0 bridgehead atoms. The Hall–Kier alpha value is -2.23. The van der Waals surface area contributed by atoms with E-state index in [4.69, 9.17) is 10.5 Å². The van der Waals surface area contributed by atoms with Crippen LogP contribution in [0.3, 0.4) is 0 Å². The fourth-order valence-electron chi connectivity index (χ4n) is 3.69. The predicted octanol–water partition coefficient (Wildman–Crippen LogP) is 6.16. The Bertz CT molecular complexity index is 861. The van der Waals surface area contributed by atoms with Crippen LogP contribution in [-0.4, -0.2) is 19.4 Å². The molecular weight excluding hydrogens is 374 g/mol. The third-order valence-electron chi connectivity index (χ3n) is 5.30. The molecule has 1 atom stereocenters. The van der Waals surface area contributed by atoms with E-state index < -0.39 is 0 Å². The zero-order chi connectivity index (χ0) is 20.5. The number of hydrogen-bond acceptors (Lipinski definition) is 3. The van der Waals surface area contributed by atoms with Crippen molar-refractivity contribution in [3.05, 3.63) is 101 Å². The third kappa shape index (κ3) is 5.04. The van der Waals surface area contributed by atoms with Crippen molar-refractivity contribution in [2.45, 2.75) is 30.9 Å². The topological polar surface area (TPSA) is 35.2 Å². The normalized spacial score (nSPS) is 13.1. The molecule has 2 nitrogen and oxygen atoms in total. The monoisotopic (exact) mass is 405 g/mol. The molecule has 29 heavy (non-hydrogen) atoms. The van der Waals surface area contributed by atoms with E-state index in [1.54, 1.807) is 7.11 Å². The summed E-state index contributed by atoms with van der Waals surface area (Å²) in [7, 11) is 1.71. The lowest BCUT2D eigenvalue weighted by molar-refractivity contribution is 0.414. The van der Waals surface area contributed by atoms with Gasteiger partial charge in [0.15, 0.2) is 0 Å². The minimum atomic E-state index is -0.260. The van der Waals surface area contributed by atoms with Crippen LogP contribution in [0.25, 0.3) is 0 Å². The van der Waals surface area contributed by atoms with Crippen molar-refractivity contribution < 1.29 is 4.74 Å². The van der Waals surface area contributed by atoms with Gasteiger partial charge in [-0.2, -0.15) is 0 Å². The number of nitrogens with two attached hydrogens (primary N) is 1. The summed E-state index contributed by atoms with van der Waals surface area (Å²) in [5.41, 5.74) is 10.9. The quantitative estimate of drug-likeness (QED) is 0.324. The van der Waals surface area contributed by atoms with E-state index >= 15 is 0 Å². The molecule has 0 fully saturated rings. The number of methoxy groups -OCH3 is 1. The predicted molar refractivity (Wildman–Crippen MR) is 126 cm³/mol. The Morgan fingerprint density at radius 2 is 1.34 bits per heavy atom. The molecule has 0 amide bonds. The molecular formula is C26H31NOS. The van der Waals surface area contributed by atoms with Crippen LogP contribution < -0.4 is 10.5 Å². The first-order valence-electron chi connectivity index (χ1n) is 10.3. The van der Waals surface area contributed by atoms with Gasteiger partial charge in [-0.25, -0.2) is 0 Å². The lowest BCUT2D eigenvalue weighted by atomic mass is 9.83. The van der Waals surface area contributed by atoms with Gasteiger partial charge in [0.05, 0.1) is 11.9 Å². The highest BCUT2D eigenvalue weighted by Gasteiger charge is 2.36. The standard InChI is InChI=1S/C26H31NOS/c1-21-11-13-23(14-12-21)26(22-9-5-3-6-10-22,29-20-8-4-7-19-27)24-15-17-25(28-2)18-16-24/h3,5-6,9-18H,4,7-8,19-20,27H2,1-2H3. The van der Waals surface area contributed by atoms with E-state index in [2.05, 4.69) is 85.8 Å². The minimum Gasteiger partial charge on any atom is -0.497 e. The second-order valence-corrected chi connectivity index (χ2v) is 8.65. The van der Waals surface area contributed by atoms with Gasteiger partial charge in [-0.1, -0.05) is 78.7 Å². The molecule has 3 aromatic carbocycles. The molecule has 3 rings (SSSR count). The molecule has 1 unspecified atom stereocenters. The first-order valence-corrected chi connectivity index (χ1v) is 11.3. The van der Waals surface area contributed by atoms with E-state index in [0.717, 1.165) is 24.5 Å². The highest BCUT2D eigenvalue weighted by atomic mass is 32.2. The van der Waals surface area contributed by atoms with Crippen molar-refractivity contribution >= 4 is 11.8 Å². The van der Waals surface area contributed by atoms with Crippen molar-refractivity contribution in [1.82, 2.24) is 0 Å². The molecule has 3 heteroatoms. The Morgan fingerprint density at radius 1 is 0.759 bits per heavy atom. The molecule has 0 saturated heterocycles. The Labute approximate surface area is 179 Å². The van der Waals surface area contributed by atoms with E-state index in [1.165, 1.54) is 35.1 Å². The van der Waals surface area contributed by atoms with Crippen molar-refractivity contribution in [1.29, 1.82) is 0 Å². The summed E-state index contributed by atoms with van der Waals surface area (Å²) >= 11 is 2.02. The van der Waals surface area contributed by atoms with Crippen LogP contribution in [0.4, 0.5) is 0 Å². The summed E-state index contributed by atoms with van der Waals surface area (Å²) in [4.78, 5) is 0. The maximum atomic E-state index is 5.69. The third-order valence-corrected chi connectivity index (χ3v) is 6.93. The molecule has 0 radical (unpaired) electrons. The molecule has 152 valence electrons. The van der Waals surface area contributed by atoms with Gasteiger partial charge < -0.3 is 10.5 Å². The summed E-state index contributed by atoms with van der Waals surface area (Å²) in [6, 6.07) is 28.4. The van der Waals surface area contributed by atoms with Gasteiger partial charge in [-0.05, 0) is 60.9 Å². The smallest absolute Gasteiger partial charge is 0.118 e. The molecule has 0 spiro atoms. The van der Waals surface area contributed by atoms with Gasteiger partial charge in [0.25, 0.3) is 0 Å². The van der Waals surface area contributed by atoms with Gasteiger partial charge in [0.1, 0.15) is 5.75 Å². The summed E-state index contributed by atoms with van der Waals surface area (Å²) in [5.74, 6) is 1.96. The number of rotatable bonds is 10. The first-order chi connectivity index (χ1) is 14.2. The molecule has 0 aliphatic rings. The number of thioether (sulfide) groups is 1. The van der Waals surface area contributed by atoms with Crippen LogP contribution >= 0.6 is 11.8 Å². The SMILES string of the molecule is COc1ccc(C(SCCCCCN)(c2ccccc2)c2ccc(C)cc2)cc1. The molecule has 0 saturated carbocycles. The lowest BCUT2D eigenvalue weighted by Gasteiger charge is -2.36. The molecule has 0 aliphatic carbocycles. The summed E-state index contributed by atoms with van der Waals surface area (Å²) in [5, 5.41) is 0. The first kappa shape index (κ1) is 21.5. The number of benzene rings is 3. The average molecular weight is 406 g/mol. The van der Waals surface area contributed by atoms with Crippen LogP contribution in [0.5, 0.6) is 5.75 Å². The molecule has 0 aromatic heterocycles. The molecule has 3 aromatic rings. The van der Waals surface area contributed by atoms with Crippen molar-refractivity contribution in [2.75, 3.05) is 19.4 Å². The number of aryl methyl sites for hydroxylation is 1. The summed E-state index contributed by atoms with van der Waals surface area (Å²) < 4.78 is 5.16. The van der Waals surface area contributed by atoms with Crippen molar-refractivity contribution in [3.63, 3.8) is 0 Å². The second kappa shape index (κ2) is 10.5. The van der Waals surface area contributed by atoms with E-state index in [9.17, 15) is 0 Å². The number of hydrogen-bond donors (Lipinski definition) is 1. The molecule has 2 N–H and O–H groups in total. The Kier molecular flexibility index (Phi) is 7.79. The summed E-state index contributed by atoms with van der Waals surface area (Å²) in [6.07, 6.45) is 3.43. The van der Waals surface area contributed by atoms with Crippen LogP contribution in [-0.2, 0) is 4.75 Å². The highest BCUT2D eigenvalue weighted by molar-refractivity contribution is 8.00. The lowest BCUT2D eigenvalue weighted by Crippen LogP contribution is -2.26. The Balaban J connectivity index is 2.10. The van der Waals surface area contributed by atoms with Gasteiger partial charge in [-0.15, -0.1) is 11.8 Å². The van der Waals surface area contributed by atoms with Gasteiger partial charge >= 0.3 is 0 Å². The Morgan fingerprint density at radius 3 is 1.93 bits per heavy atom. The maximum absolute atomic E-state index is 5.69. The zero-order valence-corrected chi connectivity index (χ0v) is 18.3. The molecule has 0 aliphatic heterocycles. The number of ether oxygens (including phenoxy) is 1.